The molecule has 0 saturated carbocycles. The van der Waals surface area contributed by atoms with E-state index in [1.165, 1.54) is 12.1 Å². The molecule has 88 valence electrons. The molecule has 0 aromatic heterocycles. The van der Waals surface area contributed by atoms with E-state index in [4.69, 9.17) is 10.5 Å². The molecule has 2 rings (SSSR count). The third-order valence-electron chi connectivity index (χ3n) is 2.41. The fourth-order valence-electron chi connectivity index (χ4n) is 1.62. The van der Waals surface area contributed by atoms with Gasteiger partial charge < -0.3 is 10.5 Å². The number of hydrogen-bond donors (Lipinski definition) is 1. The van der Waals surface area contributed by atoms with Gasteiger partial charge in [-0.3, -0.25) is 0 Å². The molecule has 17 heavy (non-hydrogen) atoms. The Kier molecular flexibility index (Phi) is 3.73. The Morgan fingerprint density at radius 2 is 1.88 bits per heavy atom. The van der Waals surface area contributed by atoms with Crippen molar-refractivity contribution in [3.63, 3.8) is 0 Å². The smallest absolute Gasteiger partial charge is 0.130 e. The van der Waals surface area contributed by atoms with Gasteiger partial charge in [-0.15, -0.1) is 0 Å². The zero-order valence-corrected chi connectivity index (χ0v) is 9.40. The Hall–Kier alpha value is -1.87. The summed E-state index contributed by atoms with van der Waals surface area (Å²) in [6.45, 7) is 0.559. The van der Waals surface area contributed by atoms with E-state index in [1.807, 2.05) is 24.3 Å². The van der Waals surface area contributed by atoms with Gasteiger partial charge in [0.25, 0.3) is 0 Å². The van der Waals surface area contributed by atoms with Crippen LogP contribution in [0, 0.1) is 5.82 Å². The summed E-state index contributed by atoms with van der Waals surface area (Å²) in [5, 5.41) is 0. The first-order chi connectivity index (χ1) is 8.29. The molecule has 0 unspecified atom stereocenters. The molecule has 2 nitrogen and oxygen atoms in total. The van der Waals surface area contributed by atoms with E-state index in [-0.39, 0.29) is 5.82 Å². The predicted molar refractivity (Wildman–Crippen MR) is 65.7 cm³/mol. The topological polar surface area (TPSA) is 35.2 Å². The maximum Gasteiger partial charge on any atom is 0.130 e. The van der Waals surface area contributed by atoms with Crippen LogP contribution in [0.25, 0.3) is 0 Å². The van der Waals surface area contributed by atoms with Crippen LogP contribution in [-0.2, 0) is 6.42 Å². The van der Waals surface area contributed by atoms with Crippen LogP contribution in [0.2, 0.25) is 0 Å². The quantitative estimate of drug-likeness (QED) is 0.877. The minimum Gasteiger partial charge on any atom is -0.457 e. The van der Waals surface area contributed by atoms with Crippen LogP contribution in [0.5, 0.6) is 11.5 Å². The lowest BCUT2D eigenvalue weighted by molar-refractivity contribution is 0.471. The van der Waals surface area contributed by atoms with Gasteiger partial charge in [0.05, 0.1) is 0 Å². The zero-order chi connectivity index (χ0) is 12.1. The molecular formula is C14H14FNO. The van der Waals surface area contributed by atoms with Crippen molar-refractivity contribution in [3.05, 3.63) is 59.9 Å². The standard InChI is InChI=1S/C14H14FNO/c15-12-5-3-6-13(10-12)17-14-7-2-1-4-11(14)8-9-16/h1-7,10H,8-9,16H2. The lowest BCUT2D eigenvalue weighted by Gasteiger charge is -2.10. The molecule has 0 saturated heterocycles. The van der Waals surface area contributed by atoms with Gasteiger partial charge >= 0.3 is 0 Å². The number of hydrogen-bond acceptors (Lipinski definition) is 2. The van der Waals surface area contributed by atoms with E-state index < -0.39 is 0 Å². The second-order valence-corrected chi connectivity index (χ2v) is 3.71. The molecule has 0 bridgehead atoms. The van der Waals surface area contributed by atoms with Crippen LogP contribution in [0.15, 0.2) is 48.5 Å². The lowest BCUT2D eigenvalue weighted by atomic mass is 10.1. The number of nitrogens with two attached hydrogens (primary N) is 1. The predicted octanol–water partition coefficient (Wildman–Crippen LogP) is 3.12. The molecule has 0 spiro atoms. The fraction of sp³-hybridized carbons (Fsp3) is 0.143. The summed E-state index contributed by atoms with van der Waals surface area (Å²) in [7, 11) is 0. The Balaban J connectivity index is 2.23. The average Bonchev–Trinajstić information content (AvgIpc) is 2.32. The largest absolute Gasteiger partial charge is 0.457 e. The maximum absolute atomic E-state index is 13.0. The third kappa shape index (κ3) is 3.04. The van der Waals surface area contributed by atoms with Crippen molar-refractivity contribution in [1.29, 1.82) is 0 Å². The van der Waals surface area contributed by atoms with Crippen LogP contribution in [0.1, 0.15) is 5.56 Å². The van der Waals surface area contributed by atoms with Crippen LogP contribution in [0.3, 0.4) is 0 Å². The molecule has 0 aliphatic carbocycles. The number of rotatable bonds is 4. The molecule has 0 aliphatic heterocycles. The number of para-hydroxylation sites is 1. The minimum absolute atomic E-state index is 0.307. The van der Waals surface area contributed by atoms with Crippen LogP contribution < -0.4 is 10.5 Å². The van der Waals surface area contributed by atoms with E-state index in [0.717, 1.165) is 17.7 Å². The summed E-state index contributed by atoms with van der Waals surface area (Å²) in [6, 6.07) is 13.7. The number of halogens is 1. The van der Waals surface area contributed by atoms with Gasteiger partial charge in [-0.25, -0.2) is 4.39 Å². The number of ether oxygens (including phenoxy) is 1. The van der Waals surface area contributed by atoms with Gasteiger partial charge in [0.15, 0.2) is 0 Å². The Morgan fingerprint density at radius 3 is 2.65 bits per heavy atom. The Bertz CT molecular complexity index is 499. The summed E-state index contributed by atoms with van der Waals surface area (Å²) in [5.74, 6) is 0.914. The van der Waals surface area contributed by atoms with Crippen molar-refractivity contribution < 1.29 is 9.13 Å². The van der Waals surface area contributed by atoms with Gasteiger partial charge in [-0.2, -0.15) is 0 Å². The molecule has 0 atom stereocenters. The van der Waals surface area contributed by atoms with E-state index in [2.05, 4.69) is 0 Å². The van der Waals surface area contributed by atoms with E-state index in [0.29, 0.717) is 12.3 Å². The highest BCUT2D eigenvalue weighted by Gasteiger charge is 2.04. The van der Waals surface area contributed by atoms with Crippen LogP contribution >= 0.6 is 0 Å². The zero-order valence-electron chi connectivity index (χ0n) is 9.40. The first-order valence-electron chi connectivity index (χ1n) is 5.51. The Morgan fingerprint density at radius 1 is 1.06 bits per heavy atom. The third-order valence-corrected chi connectivity index (χ3v) is 2.41. The van der Waals surface area contributed by atoms with Crippen molar-refractivity contribution in [2.45, 2.75) is 6.42 Å². The molecular weight excluding hydrogens is 217 g/mol. The average molecular weight is 231 g/mol. The normalized spacial score (nSPS) is 10.2. The van der Waals surface area contributed by atoms with E-state index >= 15 is 0 Å². The summed E-state index contributed by atoms with van der Waals surface area (Å²) < 4.78 is 18.7. The molecule has 0 amide bonds. The lowest BCUT2D eigenvalue weighted by Crippen LogP contribution is -2.03. The van der Waals surface area contributed by atoms with Gasteiger partial charge in [-0.05, 0) is 36.7 Å². The minimum atomic E-state index is -0.307. The van der Waals surface area contributed by atoms with Crippen molar-refractivity contribution in [3.8, 4) is 11.5 Å². The van der Waals surface area contributed by atoms with Crippen LogP contribution in [-0.4, -0.2) is 6.54 Å². The summed E-state index contributed by atoms with van der Waals surface area (Å²) in [4.78, 5) is 0. The van der Waals surface area contributed by atoms with Gasteiger partial charge in [-0.1, -0.05) is 24.3 Å². The van der Waals surface area contributed by atoms with Gasteiger partial charge in [0.1, 0.15) is 17.3 Å². The fourth-order valence-corrected chi connectivity index (χ4v) is 1.62. The summed E-state index contributed by atoms with van der Waals surface area (Å²) >= 11 is 0. The first-order valence-corrected chi connectivity index (χ1v) is 5.51. The highest BCUT2D eigenvalue weighted by Crippen LogP contribution is 2.25. The molecule has 3 heteroatoms. The van der Waals surface area contributed by atoms with Crippen molar-refractivity contribution >= 4 is 0 Å². The van der Waals surface area contributed by atoms with E-state index in [1.54, 1.807) is 12.1 Å². The van der Waals surface area contributed by atoms with E-state index in [9.17, 15) is 4.39 Å². The van der Waals surface area contributed by atoms with Crippen molar-refractivity contribution in [2.75, 3.05) is 6.54 Å². The summed E-state index contributed by atoms with van der Waals surface area (Å²) in [6.07, 6.45) is 0.742. The molecule has 0 aliphatic rings. The summed E-state index contributed by atoms with van der Waals surface area (Å²) in [5.41, 5.74) is 6.56. The molecule has 0 fully saturated rings. The molecule has 2 N–H and O–H groups in total. The molecule has 0 heterocycles. The van der Waals surface area contributed by atoms with Crippen molar-refractivity contribution in [1.82, 2.24) is 0 Å². The molecule has 0 radical (unpaired) electrons. The van der Waals surface area contributed by atoms with Crippen molar-refractivity contribution in [2.24, 2.45) is 5.73 Å². The van der Waals surface area contributed by atoms with Gasteiger partial charge in [0.2, 0.25) is 0 Å². The second kappa shape index (κ2) is 5.46. The number of benzene rings is 2. The van der Waals surface area contributed by atoms with Gasteiger partial charge in [0, 0.05) is 6.07 Å². The maximum atomic E-state index is 13.0. The first kappa shape index (κ1) is 11.6. The highest BCUT2D eigenvalue weighted by atomic mass is 19.1. The second-order valence-electron chi connectivity index (χ2n) is 3.71. The molecule has 2 aromatic rings. The Labute approximate surface area is 99.8 Å². The highest BCUT2D eigenvalue weighted by molar-refractivity contribution is 5.38. The SMILES string of the molecule is NCCc1ccccc1Oc1cccc(F)c1. The molecule has 2 aromatic carbocycles. The van der Waals surface area contributed by atoms with Crippen LogP contribution in [0.4, 0.5) is 4.39 Å². The monoisotopic (exact) mass is 231 g/mol.